The van der Waals surface area contributed by atoms with Gasteiger partial charge in [0.25, 0.3) is 0 Å². The van der Waals surface area contributed by atoms with Crippen LogP contribution < -0.4 is 0 Å². The fourth-order valence-corrected chi connectivity index (χ4v) is 3.72. The molecular formula is C15H19N3OS. The summed E-state index contributed by atoms with van der Waals surface area (Å²) in [4.78, 5) is 17.0. The Balaban J connectivity index is 1.74. The van der Waals surface area contributed by atoms with E-state index in [9.17, 15) is 4.79 Å². The molecule has 0 spiro atoms. The van der Waals surface area contributed by atoms with Crippen molar-refractivity contribution in [3.05, 3.63) is 39.8 Å². The number of carbonyl (C=O) groups is 1. The SMILES string of the molecule is Cc1ccc(CC(=O)N2CCCCC2c2ccn[nH]2)s1. The van der Waals surface area contributed by atoms with Crippen LogP contribution in [0.2, 0.25) is 0 Å². The zero-order valence-corrected chi connectivity index (χ0v) is 12.4. The highest BCUT2D eigenvalue weighted by atomic mass is 32.1. The molecule has 1 aliphatic rings. The van der Waals surface area contributed by atoms with Crippen LogP contribution in [0.25, 0.3) is 0 Å². The third-order valence-electron chi connectivity index (χ3n) is 3.83. The van der Waals surface area contributed by atoms with Gasteiger partial charge in [-0.15, -0.1) is 11.3 Å². The lowest BCUT2D eigenvalue weighted by molar-refractivity contribution is -0.134. The maximum Gasteiger partial charge on any atom is 0.228 e. The lowest BCUT2D eigenvalue weighted by atomic mass is 9.99. The Kier molecular flexibility index (Phi) is 3.87. The Morgan fingerprint density at radius 1 is 1.45 bits per heavy atom. The van der Waals surface area contributed by atoms with E-state index in [1.54, 1.807) is 17.5 Å². The lowest BCUT2D eigenvalue weighted by Crippen LogP contribution is -2.39. The van der Waals surface area contributed by atoms with Crippen LogP contribution in [-0.2, 0) is 11.2 Å². The number of hydrogen-bond acceptors (Lipinski definition) is 3. The normalized spacial score (nSPS) is 19.2. The van der Waals surface area contributed by atoms with E-state index in [1.165, 1.54) is 11.3 Å². The van der Waals surface area contributed by atoms with Gasteiger partial charge in [-0.3, -0.25) is 9.89 Å². The molecule has 1 saturated heterocycles. The second-order valence-corrected chi connectivity index (χ2v) is 6.67. The Hall–Kier alpha value is -1.62. The Morgan fingerprint density at radius 3 is 3.05 bits per heavy atom. The van der Waals surface area contributed by atoms with Crippen LogP contribution in [0.15, 0.2) is 24.4 Å². The molecular weight excluding hydrogens is 270 g/mol. The van der Waals surface area contributed by atoms with Crippen molar-refractivity contribution in [2.75, 3.05) is 6.54 Å². The van der Waals surface area contributed by atoms with Crippen LogP contribution in [0.4, 0.5) is 0 Å². The number of carbonyl (C=O) groups excluding carboxylic acids is 1. The van der Waals surface area contributed by atoms with Gasteiger partial charge in [-0.1, -0.05) is 0 Å². The van der Waals surface area contributed by atoms with Crippen LogP contribution in [0.5, 0.6) is 0 Å². The molecule has 0 radical (unpaired) electrons. The van der Waals surface area contributed by atoms with Crippen LogP contribution >= 0.6 is 11.3 Å². The summed E-state index contributed by atoms with van der Waals surface area (Å²) in [6.45, 7) is 2.93. The number of thiophene rings is 1. The second-order valence-electron chi connectivity index (χ2n) is 5.30. The molecule has 1 fully saturated rings. The van der Waals surface area contributed by atoms with Crippen molar-refractivity contribution in [2.45, 2.75) is 38.6 Å². The minimum Gasteiger partial charge on any atom is -0.334 e. The summed E-state index contributed by atoms with van der Waals surface area (Å²) >= 11 is 1.71. The zero-order chi connectivity index (χ0) is 13.9. The molecule has 20 heavy (non-hydrogen) atoms. The number of piperidine rings is 1. The number of nitrogens with one attached hydrogen (secondary N) is 1. The molecule has 1 N–H and O–H groups in total. The summed E-state index contributed by atoms with van der Waals surface area (Å²) in [5, 5.41) is 7.04. The number of H-pyrrole nitrogens is 1. The predicted octanol–water partition coefficient (Wildman–Crippen LogP) is 3.08. The maximum atomic E-state index is 12.6. The van der Waals surface area contributed by atoms with Crippen LogP contribution in [0.3, 0.4) is 0 Å². The summed E-state index contributed by atoms with van der Waals surface area (Å²) in [6.07, 6.45) is 5.57. The minimum absolute atomic E-state index is 0.166. The van der Waals surface area contributed by atoms with Crippen molar-refractivity contribution < 1.29 is 4.79 Å². The number of aromatic amines is 1. The van der Waals surface area contributed by atoms with Gasteiger partial charge in [-0.25, -0.2) is 0 Å². The van der Waals surface area contributed by atoms with Gasteiger partial charge in [-0.2, -0.15) is 5.10 Å². The lowest BCUT2D eigenvalue weighted by Gasteiger charge is -2.35. The van der Waals surface area contributed by atoms with E-state index in [4.69, 9.17) is 0 Å². The number of amides is 1. The van der Waals surface area contributed by atoms with E-state index in [-0.39, 0.29) is 11.9 Å². The van der Waals surface area contributed by atoms with Gasteiger partial charge in [-0.05, 0) is 44.4 Å². The van der Waals surface area contributed by atoms with E-state index in [0.717, 1.165) is 30.0 Å². The van der Waals surface area contributed by atoms with Crippen molar-refractivity contribution in [3.63, 3.8) is 0 Å². The molecule has 2 aromatic rings. The molecule has 0 aliphatic carbocycles. The summed E-state index contributed by atoms with van der Waals surface area (Å²) in [5.74, 6) is 0.228. The third-order valence-corrected chi connectivity index (χ3v) is 4.83. The summed E-state index contributed by atoms with van der Waals surface area (Å²) in [5.41, 5.74) is 1.06. The molecule has 0 bridgehead atoms. The molecule has 1 unspecified atom stereocenters. The molecule has 3 rings (SSSR count). The number of aryl methyl sites for hydroxylation is 1. The standard InChI is InChI=1S/C15H19N3OS/c1-11-5-6-12(20-11)10-15(19)18-9-3-2-4-14(18)13-7-8-16-17-13/h5-8,14H,2-4,9-10H2,1H3,(H,16,17). The highest BCUT2D eigenvalue weighted by Gasteiger charge is 2.28. The topological polar surface area (TPSA) is 49.0 Å². The average molecular weight is 289 g/mol. The molecule has 0 saturated carbocycles. The molecule has 5 heteroatoms. The molecule has 0 aromatic carbocycles. The van der Waals surface area contributed by atoms with Crippen molar-refractivity contribution >= 4 is 17.2 Å². The first kappa shape index (κ1) is 13.4. The fourth-order valence-electron chi connectivity index (χ4n) is 2.84. The predicted molar refractivity (Wildman–Crippen MR) is 79.7 cm³/mol. The molecule has 106 valence electrons. The van der Waals surface area contributed by atoms with Crippen molar-refractivity contribution in [1.82, 2.24) is 15.1 Å². The quantitative estimate of drug-likeness (QED) is 0.944. The van der Waals surface area contributed by atoms with E-state index in [1.807, 2.05) is 11.0 Å². The number of rotatable bonds is 3. The number of hydrogen-bond donors (Lipinski definition) is 1. The molecule has 1 aliphatic heterocycles. The van der Waals surface area contributed by atoms with Gasteiger partial charge in [0.1, 0.15) is 0 Å². The molecule has 4 nitrogen and oxygen atoms in total. The summed E-state index contributed by atoms with van der Waals surface area (Å²) < 4.78 is 0. The first-order valence-corrected chi connectivity index (χ1v) is 7.90. The second kappa shape index (κ2) is 5.79. The largest absolute Gasteiger partial charge is 0.334 e. The maximum absolute atomic E-state index is 12.6. The van der Waals surface area contributed by atoms with Gasteiger partial charge in [0.15, 0.2) is 0 Å². The van der Waals surface area contributed by atoms with E-state index >= 15 is 0 Å². The number of likely N-dealkylation sites (tertiary alicyclic amines) is 1. The Morgan fingerprint density at radius 2 is 2.35 bits per heavy atom. The Bertz CT molecular complexity index is 576. The van der Waals surface area contributed by atoms with E-state index in [2.05, 4.69) is 29.3 Å². The van der Waals surface area contributed by atoms with Crippen LogP contribution in [0.1, 0.15) is 40.8 Å². The molecule has 2 aromatic heterocycles. The number of aromatic nitrogens is 2. The third kappa shape index (κ3) is 2.77. The van der Waals surface area contributed by atoms with Gasteiger partial charge >= 0.3 is 0 Å². The smallest absolute Gasteiger partial charge is 0.228 e. The highest BCUT2D eigenvalue weighted by Crippen LogP contribution is 2.30. The Labute approximate surface area is 122 Å². The molecule has 1 atom stereocenters. The van der Waals surface area contributed by atoms with Gasteiger partial charge in [0, 0.05) is 22.5 Å². The van der Waals surface area contributed by atoms with Gasteiger partial charge < -0.3 is 4.90 Å². The van der Waals surface area contributed by atoms with Crippen LogP contribution in [-0.4, -0.2) is 27.5 Å². The van der Waals surface area contributed by atoms with Crippen molar-refractivity contribution in [1.29, 1.82) is 0 Å². The van der Waals surface area contributed by atoms with Crippen molar-refractivity contribution in [3.8, 4) is 0 Å². The van der Waals surface area contributed by atoms with Gasteiger partial charge in [0.05, 0.1) is 18.2 Å². The monoisotopic (exact) mass is 289 g/mol. The number of nitrogens with zero attached hydrogens (tertiary/aromatic N) is 2. The highest BCUT2D eigenvalue weighted by molar-refractivity contribution is 7.12. The molecule has 3 heterocycles. The van der Waals surface area contributed by atoms with Crippen molar-refractivity contribution in [2.24, 2.45) is 0 Å². The summed E-state index contributed by atoms with van der Waals surface area (Å²) in [7, 11) is 0. The first-order valence-electron chi connectivity index (χ1n) is 7.08. The fraction of sp³-hybridized carbons (Fsp3) is 0.467. The molecule has 1 amide bonds. The minimum atomic E-state index is 0.166. The van der Waals surface area contributed by atoms with E-state index in [0.29, 0.717) is 6.42 Å². The van der Waals surface area contributed by atoms with E-state index < -0.39 is 0 Å². The first-order chi connectivity index (χ1) is 9.74. The summed E-state index contributed by atoms with van der Waals surface area (Å²) in [6, 6.07) is 6.29. The average Bonchev–Trinajstić information content (AvgIpc) is 3.10. The zero-order valence-electron chi connectivity index (χ0n) is 11.6. The van der Waals surface area contributed by atoms with Crippen LogP contribution in [0, 0.1) is 6.92 Å². The van der Waals surface area contributed by atoms with Gasteiger partial charge in [0.2, 0.25) is 5.91 Å².